The number of hydrogen-bond acceptors (Lipinski definition) is 4. The number of carbonyl (C=O) groups excluding carboxylic acids is 1. The minimum absolute atomic E-state index is 0.0532. The second kappa shape index (κ2) is 8.50. The molecule has 1 aromatic carbocycles. The monoisotopic (exact) mass is 308 g/mol. The van der Waals surface area contributed by atoms with Crippen LogP contribution in [0.1, 0.15) is 12.5 Å². The fourth-order valence-corrected chi connectivity index (χ4v) is 1.45. The van der Waals surface area contributed by atoms with Gasteiger partial charge in [-0.3, -0.25) is 4.79 Å². The van der Waals surface area contributed by atoms with E-state index in [1.165, 1.54) is 4.90 Å². The van der Waals surface area contributed by atoms with E-state index in [0.29, 0.717) is 18.1 Å². The zero-order valence-corrected chi connectivity index (χ0v) is 13.0. The van der Waals surface area contributed by atoms with E-state index in [1.54, 1.807) is 38.5 Å². The molecule has 1 amide bonds. The predicted octanol–water partition coefficient (Wildman–Crippen LogP) is -1.76. The van der Waals surface area contributed by atoms with Gasteiger partial charge >= 0.3 is 0 Å². The Kier molecular flexibility index (Phi) is 6.68. The Morgan fingerprint density at radius 2 is 2.05 bits per heavy atom. The quantitative estimate of drug-likeness (QED) is 0.313. The first kappa shape index (κ1) is 17.3. The molecular formula is C14H22N5O3+. The first-order valence-electron chi connectivity index (χ1n) is 6.71. The van der Waals surface area contributed by atoms with Gasteiger partial charge in [-0.05, 0) is 25.1 Å². The number of nitrogens with two attached hydrogens (primary N) is 2. The summed E-state index contributed by atoms with van der Waals surface area (Å²) in [5.74, 6) is 0.835. The Balaban J connectivity index is 2.87. The minimum Gasteiger partial charge on any atom is -0.490 e. The first-order valence-corrected chi connectivity index (χ1v) is 6.71. The summed E-state index contributed by atoms with van der Waals surface area (Å²) in [4.78, 5) is 13.0. The van der Waals surface area contributed by atoms with Gasteiger partial charge in [0.05, 0.1) is 6.61 Å². The molecule has 1 rings (SSSR count). The Labute approximate surface area is 129 Å². The van der Waals surface area contributed by atoms with Crippen molar-refractivity contribution >= 4 is 18.1 Å². The lowest BCUT2D eigenvalue weighted by Gasteiger charge is -2.14. The maximum atomic E-state index is 11.6. The van der Waals surface area contributed by atoms with E-state index in [2.05, 4.69) is 10.2 Å². The molecule has 0 spiro atoms. The molecule has 0 aliphatic rings. The summed E-state index contributed by atoms with van der Waals surface area (Å²) in [7, 11) is 3.34. The van der Waals surface area contributed by atoms with Crippen molar-refractivity contribution in [2.45, 2.75) is 6.92 Å². The van der Waals surface area contributed by atoms with E-state index < -0.39 is 0 Å². The minimum atomic E-state index is -0.132. The van der Waals surface area contributed by atoms with Crippen LogP contribution in [0.3, 0.4) is 0 Å². The fourth-order valence-electron chi connectivity index (χ4n) is 1.45. The van der Waals surface area contributed by atoms with E-state index in [4.69, 9.17) is 20.9 Å². The van der Waals surface area contributed by atoms with Crippen LogP contribution in [-0.2, 0) is 4.79 Å². The molecule has 8 heteroatoms. The van der Waals surface area contributed by atoms with Gasteiger partial charge in [0.1, 0.15) is 0 Å². The van der Waals surface area contributed by atoms with Crippen molar-refractivity contribution in [1.82, 2.24) is 4.90 Å². The van der Waals surface area contributed by atoms with Crippen LogP contribution in [0, 0.1) is 0 Å². The lowest BCUT2D eigenvalue weighted by molar-refractivity contribution is -0.456. The Hall–Kier alpha value is -2.77. The van der Waals surface area contributed by atoms with E-state index >= 15 is 0 Å². The second-order valence-corrected chi connectivity index (χ2v) is 4.53. The molecular weight excluding hydrogens is 286 g/mol. The Morgan fingerprint density at radius 1 is 1.32 bits per heavy atom. The lowest BCUT2D eigenvalue weighted by atomic mass is 10.2. The molecule has 0 aromatic heterocycles. The number of amides is 1. The number of nitrogens with zero attached hydrogens (tertiary/aromatic N) is 2. The van der Waals surface area contributed by atoms with Crippen LogP contribution < -0.4 is 26.0 Å². The molecule has 0 bridgehead atoms. The second-order valence-electron chi connectivity index (χ2n) is 4.53. The van der Waals surface area contributed by atoms with Crippen molar-refractivity contribution in [2.75, 3.05) is 27.3 Å². The Morgan fingerprint density at radius 3 is 2.64 bits per heavy atom. The highest BCUT2D eigenvalue weighted by molar-refractivity contribution is 5.79. The molecule has 1 aromatic rings. The van der Waals surface area contributed by atoms with Crippen molar-refractivity contribution in [2.24, 2.45) is 16.6 Å². The van der Waals surface area contributed by atoms with Gasteiger partial charge in [0.15, 0.2) is 18.1 Å². The summed E-state index contributed by atoms with van der Waals surface area (Å²) in [5, 5.41) is 6.25. The van der Waals surface area contributed by atoms with Gasteiger partial charge in [0.25, 0.3) is 11.9 Å². The van der Waals surface area contributed by atoms with Crippen LogP contribution in [-0.4, -0.2) is 50.3 Å². The third-order valence-corrected chi connectivity index (χ3v) is 2.54. The van der Waals surface area contributed by atoms with Gasteiger partial charge in [-0.15, -0.1) is 5.10 Å². The number of benzene rings is 1. The zero-order chi connectivity index (χ0) is 16.5. The molecule has 22 heavy (non-hydrogen) atoms. The summed E-state index contributed by atoms with van der Waals surface area (Å²) >= 11 is 0. The number of hydrazone groups is 1. The molecule has 0 saturated heterocycles. The number of nitrogens with one attached hydrogen (secondary N) is 1. The largest absolute Gasteiger partial charge is 0.490 e. The number of ether oxygens (including phenoxy) is 2. The molecule has 0 aliphatic heterocycles. The highest BCUT2D eigenvalue weighted by atomic mass is 16.5. The maximum absolute atomic E-state index is 11.6. The van der Waals surface area contributed by atoms with Gasteiger partial charge < -0.3 is 25.8 Å². The molecule has 0 fully saturated rings. The standard InChI is InChI=1S/C14H21N5O3/c1-4-21-12-7-10(8-17-18-14(15)16)5-6-11(12)22-9-13(20)19(2)3/h5-8H,4,9H2,1-3H3,(H4,15,16,18)/p+1/b17-8-. The van der Waals surface area contributed by atoms with Crippen LogP contribution in [0.2, 0.25) is 0 Å². The zero-order valence-electron chi connectivity index (χ0n) is 13.0. The molecule has 0 radical (unpaired) electrons. The van der Waals surface area contributed by atoms with E-state index in [-0.39, 0.29) is 18.5 Å². The van der Waals surface area contributed by atoms with Crippen molar-refractivity contribution in [3.8, 4) is 11.5 Å². The van der Waals surface area contributed by atoms with Crippen LogP contribution in [0.5, 0.6) is 11.5 Å². The summed E-state index contributed by atoms with van der Waals surface area (Å²) < 4.78 is 11.0. The number of guanidine groups is 1. The lowest BCUT2D eigenvalue weighted by Crippen LogP contribution is -2.63. The molecule has 0 atom stereocenters. The molecule has 0 aliphatic carbocycles. The SMILES string of the molecule is CCOc1cc(/C=[NH+]\N=C(N)N)ccc1OCC(=O)N(C)C. The highest BCUT2D eigenvalue weighted by Gasteiger charge is 2.10. The maximum Gasteiger partial charge on any atom is 0.259 e. The third-order valence-electron chi connectivity index (χ3n) is 2.54. The van der Waals surface area contributed by atoms with Crippen LogP contribution in [0.15, 0.2) is 23.3 Å². The topological polar surface area (TPSA) is 117 Å². The molecule has 0 saturated carbocycles. The number of rotatable bonds is 7. The van der Waals surface area contributed by atoms with Crippen LogP contribution >= 0.6 is 0 Å². The number of likely N-dealkylation sites (N-methyl/N-ethyl adjacent to an activating group) is 1. The highest BCUT2D eigenvalue weighted by Crippen LogP contribution is 2.27. The predicted molar refractivity (Wildman–Crippen MR) is 83.7 cm³/mol. The van der Waals surface area contributed by atoms with Crippen molar-refractivity contribution in [3.05, 3.63) is 23.8 Å². The summed E-state index contributed by atoms with van der Waals surface area (Å²) in [6.45, 7) is 2.29. The molecule has 8 nitrogen and oxygen atoms in total. The van der Waals surface area contributed by atoms with E-state index in [0.717, 1.165) is 5.56 Å². The van der Waals surface area contributed by atoms with Crippen LogP contribution in [0.25, 0.3) is 0 Å². The third kappa shape index (κ3) is 5.70. The Bertz CT molecular complexity index is 566. The summed E-state index contributed by atoms with van der Waals surface area (Å²) in [6, 6.07) is 5.26. The average molecular weight is 308 g/mol. The molecule has 120 valence electrons. The fraction of sp³-hybridized carbons (Fsp3) is 0.357. The molecule has 5 N–H and O–H groups in total. The van der Waals surface area contributed by atoms with Gasteiger partial charge in [-0.25, -0.2) is 0 Å². The first-order chi connectivity index (χ1) is 10.4. The van der Waals surface area contributed by atoms with E-state index in [9.17, 15) is 4.79 Å². The normalized spacial score (nSPS) is 10.3. The van der Waals surface area contributed by atoms with Crippen molar-refractivity contribution < 1.29 is 19.4 Å². The average Bonchev–Trinajstić information content (AvgIpc) is 2.46. The molecule has 0 heterocycles. The van der Waals surface area contributed by atoms with Gasteiger partial charge in [0.2, 0.25) is 6.21 Å². The van der Waals surface area contributed by atoms with Gasteiger partial charge in [-0.2, -0.15) is 0 Å². The molecule has 0 unspecified atom stereocenters. The van der Waals surface area contributed by atoms with E-state index in [1.807, 2.05) is 6.92 Å². The smallest absolute Gasteiger partial charge is 0.259 e. The van der Waals surface area contributed by atoms with Crippen molar-refractivity contribution in [3.63, 3.8) is 0 Å². The summed E-state index contributed by atoms with van der Waals surface area (Å²) in [6.07, 6.45) is 1.61. The van der Waals surface area contributed by atoms with Crippen LogP contribution in [0.4, 0.5) is 0 Å². The number of carbonyl (C=O) groups is 1. The summed E-state index contributed by atoms with van der Waals surface area (Å²) in [5.41, 5.74) is 11.2. The number of hydrogen-bond donors (Lipinski definition) is 3. The van der Waals surface area contributed by atoms with Gasteiger partial charge in [-0.1, -0.05) is 0 Å². The van der Waals surface area contributed by atoms with Crippen molar-refractivity contribution in [1.29, 1.82) is 0 Å². The van der Waals surface area contributed by atoms with Gasteiger partial charge in [0, 0.05) is 24.8 Å².